The Balaban J connectivity index is 1.51. The van der Waals surface area contributed by atoms with Gasteiger partial charge < -0.3 is 46.6 Å². The van der Waals surface area contributed by atoms with E-state index in [0.29, 0.717) is 30.4 Å². The second-order valence-corrected chi connectivity index (χ2v) is 16.0. The maximum atomic E-state index is 14.7. The molecule has 2 aromatic rings. The molecule has 314 valence electrons. The molecule has 1 aliphatic carbocycles. The highest BCUT2D eigenvalue weighted by Gasteiger charge is 2.45. The number of aliphatic hydroxyl groups is 1. The lowest BCUT2D eigenvalue weighted by Gasteiger charge is -2.31. The molecule has 7 N–H and O–H groups in total. The topological polar surface area (TPSA) is 224 Å². The van der Waals surface area contributed by atoms with Gasteiger partial charge in [-0.1, -0.05) is 80.9 Å². The van der Waals surface area contributed by atoms with E-state index in [1.54, 1.807) is 54.6 Å². The van der Waals surface area contributed by atoms with Gasteiger partial charge in [-0.3, -0.25) is 33.6 Å². The number of carbonyl (C=O) groups is 7. The van der Waals surface area contributed by atoms with E-state index in [-0.39, 0.29) is 31.7 Å². The van der Waals surface area contributed by atoms with Crippen molar-refractivity contribution in [3.05, 3.63) is 71.8 Å². The molecule has 2 aliphatic heterocycles. The Morgan fingerprint density at radius 2 is 1.47 bits per heavy atom. The molecule has 7 amide bonds. The molecule has 3 aliphatic rings. The van der Waals surface area contributed by atoms with Gasteiger partial charge in [0.05, 0.1) is 12.0 Å². The summed E-state index contributed by atoms with van der Waals surface area (Å²) >= 11 is 0. The fourth-order valence-electron chi connectivity index (χ4n) is 8.01. The van der Waals surface area contributed by atoms with Crippen molar-refractivity contribution < 1.29 is 43.4 Å². The minimum Gasteiger partial charge on any atom is -0.391 e. The third-order valence-corrected chi connectivity index (χ3v) is 11.0. The molecular formula is C42H57N7O9. The van der Waals surface area contributed by atoms with Crippen LogP contribution < -0.4 is 31.9 Å². The Bertz CT molecular complexity index is 1790. The summed E-state index contributed by atoms with van der Waals surface area (Å²) in [6, 6.07) is 10.2. The molecule has 16 nitrogen and oxygen atoms in total. The largest absolute Gasteiger partial charge is 0.391 e. The number of aliphatic hydroxyl groups excluding tert-OH is 1. The zero-order valence-electron chi connectivity index (χ0n) is 33.7. The number of amides is 7. The summed E-state index contributed by atoms with van der Waals surface area (Å²) in [7, 11) is 1.40. The highest BCUT2D eigenvalue weighted by molar-refractivity contribution is 5.97. The van der Waals surface area contributed by atoms with Crippen molar-refractivity contribution >= 4 is 41.4 Å². The van der Waals surface area contributed by atoms with Crippen LogP contribution in [0, 0.1) is 11.8 Å². The van der Waals surface area contributed by atoms with Crippen LogP contribution in [0.25, 0.3) is 0 Å². The number of benzene rings is 2. The van der Waals surface area contributed by atoms with Crippen LogP contribution in [-0.4, -0.2) is 113 Å². The van der Waals surface area contributed by atoms with Gasteiger partial charge in [0.15, 0.2) is 6.10 Å². The van der Waals surface area contributed by atoms with Crippen LogP contribution in [-0.2, 0) is 44.7 Å². The minimum absolute atomic E-state index is 0.0245. The number of methoxy groups -OCH3 is 1. The van der Waals surface area contributed by atoms with Crippen molar-refractivity contribution in [1.82, 2.24) is 36.8 Å². The number of hydrogen-bond acceptors (Lipinski definition) is 9. The number of fused-ring (bicyclic) bond motifs is 2. The van der Waals surface area contributed by atoms with Gasteiger partial charge in [0.1, 0.15) is 30.2 Å². The van der Waals surface area contributed by atoms with Gasteiger partial charge in [-0.25, -0.2) is 0 Å². The molecule has 10 atom stereocenters. The van der Waals surface area contributed by atoms with E-state index in [0.717, 1.165) is 0 Å². The van der Waals surface area contributed by atoms with Crippen LogP contribution in [0.4, 0.5) is 0 Å². The van der Waals surface area contributed by atoms with Gasteiger partial charge >= 0.3 is 0 Å². The van der Waals surface area contributed by atoms with Crippen LogP contribution in [0.1, 0.15) is 77.0 Å². The Morgan fingerprint density at radius 1 is 0.810 bits per heavy atom. The molecular weight excluding hydrogens is 747 g/mol. The molecule has 2 heterocycles. The van der Waals surface area contributed by atoms with E-state index >= 15 is 0 Å². The van der Waals surface area contributed by atoms with Crippen LogP contribution in [0.2, 0.25) is 0 Å². The molecule has 2 saturated heterocycles. The lowest BCUT2D eigenvalue weighted by atomic mass is 9.98. The van der Waals surface area contributed by atoms with E-state index in [1.165, 1.54) is 25.9 Å². The third-order valence-electron chi connectivity index (χ3n) is 11.0. The zero-order chi connectivity index (χ0) is 42.1. The standard InChI is InChI=1S/C42H57N7O9/c1-23(2)19-31-38(53)48-34(25(4)50)40(55)47-32(20-26-13-8-6-9-14-26)42(57)49-22-28(44-41(56)35(58-5)27-15-10-7-11-16-27)21-33(49)39(54)43-24(3)36(51)45-30-18-12-17-29(30)37(52)46-31/h6-11,13-16,23-25,28-35,50H,12,17-22H2,1-5H3,(H,43,54)(H,44,56)(H,45,51)(H,46,52)(H,47,55)(H,48,53)/t24-,25+,28+,29+,30+,31-,32-,33?,34-,35+/m0/s1. The van der Waals surface area contributed by atoms with Gasteiger partial charge in [-0.15, -0.1) is 0 Å². The Kier molecular flexibility index (Phi) is 15.0. The number of hydrogen-bond donors (Lipinski definition) is 7. The van der Waals surface area contributed by atoms with Crippen molar-refractivity contribution in [3.8, 4) is 0 Å². The molecule has 16 heteroatoms. The molecule has 1 saturated carbocycles. The Labute approximate surface area is 339 Å². The fourth-order valence-corrected chi connectivity index (χ4v) is 8.01. The van der Waals surface area contributed by atoms with Crippen LogP contribution in [0.15, 0.2) is 60.7 Å². The van der Waals surface area contributed by atoms with E-state index in [9.17, 15) is 38.7 Å². The lowest BCUT2D eigenvalue weighted by molar-refractivity contribution is -0.143. The summed E-state index contributed by atoms with van der Waals surface area (Å²) in [6.45, 7) is 6.46. The maximum absolute atomic E-state index is 14.7. The summed E-state index contributed by atoms with van der Waals surface area (Å²) in [5, 5.41) is 27.6. The predicted octanol–water partition coefficient (Wildman–Crippen LogP) is 0.387. The predicted molar refractivity (Wildman–Crippen MR) is 212 cm³/mol. The number of nitrogens with zero attached hydrogens (tertiary/aromatic N) is 1. The molecule has 2 aromatic carbocycles. The Hall–Kier alpha value is -5.35. The quantitative estimate of drug-likeness (QED) is 0.186. The molecule has 5 rings (SSSR count). The van der Waals surface area contributed by atoms with E-state index in [4.69, 9.17) is 4.74 Å². The van der Waals surface area contributed by atoms with E-state index < -0.39 is 102 Å². The Morgan fingerprint density at radius 3 is 2.10 bits per heavy atom. The van der Waals surface area contributed by atoms with Crippen molar-refractivity contribution in [2.45, 2.75) is 121 Å². The van der Waals surface area contributed by atoms with Crippen molar-refractivity contribution in [3.63, 3.8) is 0 Å². The number of rotatable bonds is 9. The van der Waals surface area contributed by atoms with Crippen LogP contribution >= 0.6 is 0 Å². The van der Waals surface area contributed by atoms with Crippen molar-refractivity contribution in [2.24, 2.45) is 11.8 Å². The first-order chi connectivity index (χ1) is 27.7. The van der Waals surface area contributed by atoms with Gasteiger partial charge in [0, 0.05) is 32.2 Å². The van der Waals surface area contributed by atoms with Crippen molar-refractivity contribution in [1.29, 1.82) is 0 Å². The minimum atomic E-state index is -1.53. The van der Waals surface area contributed by atoms with E-state index in [2.05, 4.69) is 31.9 Å². The molecule has 0 spiro atoms. The molecule has 0 radical (unpaired) electrons. The summed E-state index contributed by atoms with van der Waals surface area (Å²) in [5.74, 6) is -5.05. The highest BCUT2D eigenvalue weighted by atomic mass is 16.5. The molecule has 58 heavy (non-hydrogen) atoms. The lowest BCUT2D eigenvalue weighted by Crippen LogP contribution is -2.61. The van der Waals surface area contributed by atoms with Gasteiger partial charge in [0.25, 0.3) is 5.91 Å². The average molecular weight is 804 g/mol. The first kappa shape index (κ1) is 43.8. The molecule has 0 aromatic heterocycles. The second kappa shape index (κ2) is 19.9. The first-order valence-electron chi connectivity index (χ1n) is 20.1. The van der Waals surface area contributed by atoms with Gasteiger partial charge in [-0.05, 0) is 56.6 Å². The number of ether oxygens (including phenoxy) is 1. The van der Waals surface area contributed by atoms with Crippen molar-refractivity contribution in [2.75, 3.05) is 13.7 Å². The zero-order valence-corrected chi connectivity index (χ0v) is 33.7. The smallest absolute Gasteiger partial charge is 0.254 e. The average Bonchev–Trinajstić information content (AvgIpc) is 3.83. The SMILES string of the molecule is CO[C@@H](C(=O)N[C@@H]1CC2C(=O)N[C@@H](C)C(=O)N[C@@H]3CCC[C@H]3C(=O)N[C@@H](CC(C)C)C(=O)N[C@@H]([C@@H](C)O)C(=O)N[C@@H](Cc3ccccc3)C(=O)N2C1)c1ccccc1. The molecule has 3 fully saturated rings. The fraction of sp³-hybridized carbons (Fsp3) is 0.548. The normalized spacial score (nSPS) is 28.6. The summed E-state index contributed by atoms with van der Waals surface area (Å²) < 4.78 is 5.52. The maximum Gasteiger partial charge on any atom is 0.254 e. The second-order valence-electron chi connectivity index (χ2n) is 16.0. The third kappa shape index (κ3) is 11.0. The molecule has 0 bridgehead atoms. The van der Waals surface area contributed by atoms with Crippen LogP contribution in [0.3, 0.4) is 0 Å². The monoisotopic (exact) mass is 803 g/mol. The van der Waals surface area contributed by atoms with Crippen LogP contribution in [0.5, 0.6) is 0 Å². The molecule has 1 unspecified atom stereocenters. The summed E-state index contributed by atoms with van der Waals surface area (Å²) in [5.41, 5.74) is 1.27. The van der Waals surface area contributed by atoms with Gasteiger partial charge in [0.2, 0.25) is 35.4 Å². The van der Waals surface area contributed by atoms with E-state index in [1.807, 2.05) is 19.9 Å². The summed E-state index contributed by atoms with van der Waals surface area (Å²) in [4.78, 5) is 98.9. The number of nitrogens with one attached hydrogen (secondary N) is 6. The first-order valence-corrected chi connectivity index (χ1v) is 20.1. The highest BCUT2D eigenvalue weighted by Crippen LogP contribution is 2.27. The van der Waals surface area contributed by atoms with Gasteiger partial charge in [-0.2, -0.15) is 0 Å². The number of carbonyl (C=O) groups excluding carboxylic acids is 7. The summed E-state index contributed by atoms with van der Waals surface area (Å²) in [6.07, 6.45) is -0.637.